The zero-order valence-electron chi connectivity index (χ0n) is 23.1. The number of aromatic nitrogens is 3. The summed E-state index contributed by atoms with van der Waals surface area (Å²) in [6.07, 6.45) is 4.64. The minimum atomic E-state index is -0.357. The molecule has 43 heavy (non-hydrogen) atoms. The van der Waals surface area contributed by atoms with E-state index in [9.17, 15) is 9.59 Å². The smallest absolute Gasteiger partial charge is 0.322 e. The molecule has 6 rings (SSSR count). The lowest BCUT2D eigenvalue weighted by molar-refractivity contribution is 0.205. The first-order valence-electron chi connectivity index (χ1n) is 13.9. The fraction of sp³-hybridized carbons (Fsp3) is 0.152. The topological polar surface area (TPSA) is 92.2 Å². The van der Waals surface area contributed by atoms with Gasteiger partial charge in [0, 0.05) is 30.4 Å². The Bertz CT molecular complexity index is 1800. The second-order valence-electron chi connectivity index (χ2n) is 10.2. The van der Waals surface area contributed by atoms with Gasteiger partial charge in [0.15, 0.2) is 0 Å². The summed E-state index contributed by atoms with van der Waals surface area (Å²) in [5.41, 5.74) is 4.21. The number of carbonyl (C=O) groups excluding carboxylic acids is 1. The number of urea groups is 1. The van der Waals surface area contributed by atoms with Crippen molar-refractivity contribution in [2.24, 2.45) is 0 Å². The molecular weight excluding hydrogens is 583 g/mol. The van der Waals surface area contributed by atoms with E-state index < -0.39 is 0 Å². The zero-order valence-corrected chi connectivity index (χ0v) is 24.6. The highest BCUT2D eigenvalue weighted by Gasteiger charge is 2.28. The highest BCUT2D eigenvalue weighted by molar-refractivity contribution is 6.36. The summed E-state index contributed by atoms with van der Waals surface area (Å²) in [6.45, 7) is 0.509. The van der Waals surface area contributed by atoms with Gasteiger partial charge in [0.25, 0.3) is 5.56 Å². The van der Waals surface area contributed by atoms with E-state index in [0.717, 1.165) is 11.1 Å². The lowest BCUT2D eigenvalue weighted by Gasteiger charge is -2.30. The number of benzene rings is 3. The number of hydrogen-bond acceptors (Lipinski definition) is 5. The van der Waals surface area contributed by atoms with Crippen LogP contribution in [0, 0.1) is 0 Å². The first kappa shape index (κ1) is 28.5. The lowest BCUT2D eigenvalue weighted by atomic mass is 9.99. The van der Waals surface area contributed by atoms with E-state index in [1.165, 1.54) is 0 Å². The number of nitrogens with zero attached hydrogens (tertiary/aromatic N) is 4. The van der Waals surface area contributed by atoms with E-state index >= 15 is 0 Å². The number of anilines is 2. The molecule has 2 aromatic heterocycles. The van der Waals surface area contributed by atoms with Crippen molar-refractivity contribution in [3.63, 3.8) is 0 Å². The molecule has 2 amide bonds. The first-order valence-corrected chi connectivity index (χ1v) is 14.6. The predicted octanol–water partition coefficient (Wildman–Crippen LogP) is 6.92. The summed E-state index contributed by atoms with van der Waals surface area (Å²) in [7, 11) is 0. The summed E-state index contributed by atoms with van der Waals surface area (Å²) in [6, 6.07) is 27.8. The molecule has 2 N–H and O–H groups in total. The Hall–Kier alpha value is -4.66. The molecule has 1 atom stereocenters. The van der Waals surface area contributed by atoms with E-state index in [0.29, 0.717) is 58.0 Å². The number of pyridine rings is 1. The summed E-state index contributed by atoms with van der Waals surface area (Å²) < 4.78 is 1.60. The SMILES string of the molecule is O=C(Nc1ccc(Cl)cc1Cl)N1CCc2nc(NC(Cc3ccncc3)c3ccccc3)n(-c3ccccc3)c(=O)c2C1. The molecule has 0 fully saturated rings. The molecular formula is C33H28Cl2N6O2. The minimum absolute atomic E-state index is 0.116. The van der Waals surface area contributed by atoms with Crippen LogP contribution in [0.25, 0.3) is 5.69 Å². The third-order valence-corrected chi connectivity index (χ3v) is 7.95. The van der Waals surface area contributed by atoms with Gasteiger partial charge in [-0.15, -0.1) is 0 Å². The normalized spacial score (nSPS) is 13.2. The van der Waals surface area contributed by atoms with Gasteiger partial charge in [-0.05, 0) is 60.0 Å². The lowest BCUT2D eigenvalue weighted by Crippen LogP contribution is -2.43. The molecule has 3 heterocycles. The van der Waals surface area contributed by atoms with Crippen LogP contribution in [0.4, 0.5) is 16.4 Å². The Labute approximate surface area is 259 Å². The number of rotatable bonds is 7. The number of nitrogens with one attached hydrogen (secondary N) is 2. The number of amides is 2. The monoisotopic (exact) mass is 610 g/mol. The van der Waals surface area contributed by atoms with Gasteiger partial charge in [0.2, 0.25) is 5.95 Å². The maximum absolute atomic E-state index is 14.2. The summed E-state index contributed by atoms with van der Waals surface area (Å²) in [5.74, 6) is 0.448. The molecule has 1 aliphatic heterocycles. The van der Waals surface area contributed by atoms with Crippen LogP contribution in [0.15, 0.2) is 108 Å². The van der Waals surface area contributed by atoms with E-state index in [4.69, 9.17) is 28.2 Å². The predicted molar refractivity (Wildman–Crippen MR) is 170 cm³/mol. The molecule has 0 spiro atoms. The average molecular weight is 612 g/mol. The van der Waals surface area contributed by atoms with Crippen molar-refractivity contribution >= 4 is 40.9 Å². The Balaban J connectivity index is 1.36. The van der Waals surface area contributed by atoms with Crippen LogP contribution in [0.2, 0.25) is 10.0 Å². The van der Waals surface area contributed by atoms with Crippen LogP contribution in [-0.2, 0) is 19.4 Å². The van der Waals surface area contributed by atoms with Gasteiger partial charge >= 0.3 is 6.03 Å². The van der Waals surface area contributed by atoms with Gasteiger partial charge in [0.05, 0.1) is 40.2 Å². The van der Waals surface area contributed by atoms with E-state index in [2.05, 4.69) is 27.8 Å². The second-order valence-corrected chi connectivity index (χ2v) is 11.1. The summed E-state index contributed by atoms with van der Waals surface area (Å²) in [4.78, 5) is 38.2. The average Bonchev–Trinajstić information content (AvgIpc) is 3.03. The maximum atomic E-state index is 14.2. The van der Waals surface area contributed by atoms with Crippen molar-refractivity contribution in [1.29, 1.82) is 0 Å². The standard InChI is InChI=1S/C33H28Cl2N6O2/c34-24-11-12-29(27(35)20-24)39-33(43)40-18-15-28-26(21-40)31(42)41(25-9-5-2-6-10-25)32(37-28)38-30(23-7-3-1-4-8-23)19-22-13-16-36-17-14-22/h1-14,16-17,20,30H,15,18-19,21H2,(H,37,38)(H,39,43). The number of fused-ring (bicyclic) bond motifs is 1. The molecule has 3 aromatic carbocycles. The number of para-hydroxylation sites is 1. The van der Waals surface area contributed by atoms with Crippen molar-refractivity contribution in [2.75, 3.05) is 17.2 Å². The third kappa shape index (κ3) is 6.40. The van der Waals surface area contributed by atoms with Crippen molar-refractivity contribution in [2.45, 2.75) is 25.4 Å². The molecule has 1 aliphatic rings. The van der Waals surface area contributed by atoms with Gasteiger partial charge in [-0.25, -0.2) is 14.3 Å². The highest BCUT2D eigenvalue weighted by Crippen LogP contribution is 2.28. The first-order chi connectivity index (χ1) is 21.0. The van der Waals surface area contributed by atoms with Crippen LogP contribution in [0.1, 0.15) is 28.4 Å². The highest BCUT2D eigenvalue weighted by atomic mass is 35.5. The molecule has 8 nitrogen and oxygen atoms in total. The Morgan fingerprint density at radius 2 is 1.65 bits per heavy atom. The molecule has 0 aliphatic carbocycles. The van der Waals surface area contributed by atoms with Crippen molar-refractivity contribution < 1.29 is 4.79 Å². The zero-order chi connectivity index (χ0) is 29.8. The Morgan fingerprint density at radius 1 is 0.930 bits per heavy atom. The van der Waals surface area contributed by atoms with Gasteiger partial charge in [-0.1, -0.05) is 71.7 Å². The summed E-state index contributed by atoms with van der Waals surface area (Å²) in [5, 5.41) is 7.23. The largest absolute Gasteiger partial charge is 0.348 e. The maximum Gasteiger partial charge on any atom is 0.322 e. The third-order valence-electron chi connectivity index (χ3n) is 7.40. The molecule has 0 radical (unpaired) electrons. The molecule has 0 bridgehead atoms. The van der Waals surface area contributed by atoms with Gasteiger partial charge < -0.3 is 15.5 Å². The Morgan fingerprint density at radius 3 is 2.37 bits per heavy atom. The number of halogens is 2. The van der Waals surface area contributed by atoms with Gasteiger partial charge in [-0.2, -0.15) is 0 Å². The van der Waals surface area contributed by atoms with Crippen LogP contribution in [0.5, 0.6) is 0 Å². The minimum Gasteiger partial charge on any atom is -0.348 e. The van der Waals surface area contributed by atoms with Gasteiger partial charge in [0.1, 0.15) is 0 Å². The molecule has 1 unspecified atom stereocenters. The molecule has 0 saturated heterocycles. The second kappa shape index (κ2) is 12.7. The van der Waals surface area contributed by atoms with Crippen molar-refractivity contribution in [3.8, 4) is 5.69 Å². The fourth-order valence-corrected chi connectivity index (χ4v) is 5.65. The molecule has 0 saturated carbocycles. The number of hydrogen-bond donors (Lipinski definition) is 2. The van der Waals surface area contributed by atoms with E-state index in [1.54, 1.807) is 40.1 Å². The van der Waals surface area contributed by atoms with Crippen molar-refractivity contribution in [3.05, 3.63) is 146 Å². The van der Waals surface area contributed by atoms with Crippen LogP contribution >= 0.6 is 23.2 Å². The van der Waals surface area contributed by atoms with E-state index in [-0.39, 0.29) is 24.2 Å². The molecule has 216 valence electrons. The van der Waals surface area contributed by atoms with Crippen LogP contribution in [-0.4, -0.2) is 32.0 Å². The van der Waals surface area contributed by atoms with Crippen LogP contribution < -0.4 is 16.2 Å². The van der Waals surface area contributed by atoms with Crippen LogP contribution in [0.3, 0.4) is 0 Å². The molecule has 10 heteroatoms. The summed E-state index contributed by atoms with van der Waals surface area (Å²) >= 11 is 12.3. The number of carbonyl (C=O) groups is 1. The quantitative estimate of drug-likeness (QED) is 0.209. The van der Waals surface area contributed by atoms with Crippen molar-refractivity contribution in [1.82, 2.24) is 19.4 Å². The Kier molecular flexibility index (Phi) is 8.40. The molecule has 5 aromatic rings. The fourth-order valence-electron chi connectivity index (χ4n) is 5.20. The van der Waals surface area contributed by atoms with Gasteiger partial charge in [-0.3, -0.25) is 9.78 Å². The van der Waals surface area contributed by atoms with E-state index in [1.807, 2.05) is 60.7 Å².